The van der Waals surface area contributed by atoms with E-state index in [9.17, 15) is 4.79 Å². The summed E-state index contributed by atoms with van der Waals surface area (Å²) in [5.74, 6) is 0.233. The minimum Gasteiger partial charge on any atom is -0.396 e. The lowest BCUT2D eigenvalue weighted by molar-refractivity contribution is 0.100. The highest BCUT2D eigenvalue weighted by Gasteiger charge is 2.25. The van der Waals surface area contributed by atoms with Crippen molar-refractivity contribution in [1.82, 2.24) is 0 Å². The molecule has 2 rings (SSSR count). The molecular weight excluding hydrogens is 272 g/mol. The van der Waals surface area contributed by atoms with E-state index < -0.39 is 5.91 Å². The number of nitrogens with zero attached hydrogens (tertiary/aromatic N) is 1. The summed E-state index contributed by atoms with van der Waals surface area (Å²) in [4.78, 5) is 11.9. The summed E-state index contributed by atoms with van der Waals surface area (Å²) in [6.45, 7) is 2.22. The van der Waals surface area contributed by atoms with Crippen molar-refractivity contribution in [3.8, 4) is 6.07 Å². The van der Waals surface area contributed by atoms with E-state index in [4.69, 9.17) is 16.7 Å². The Labute approximate surface area is 122 Å². The number of hydrogen-bond acceptors (Lipinski definition) is 5. The van der Waals surface area contributed by atoms with Crippen LogP contribution in [0.1, 0.15) is 54.3 Å². The molecule has 1 fully saturated rings. The SMILES string of the molecule is CCC1CCC(Nc2sc(C#N)c(N)c2C(N)=O)CC1. The third-order valence-electron chi connectivity index (χ3n) is 4.05. The van der Waals surface area contributed by atoms with Crippen molar-refractivity contribution in [2.24, 2.45) is 11.7 Å². The second kappa shape index (κ2) is 6.14. The molecule has 0 aromatic carbocycles. The maximum Gasteiger partial charge on any atom is 0.253 e. The molecule has 0 aliphatic heterocycles. The molecule has 1 saturated carbocycles. The Hall–Kier alpha value is -1.74. The molecule has 1 amide bonds. The van der Waals surface area contributed by atoms with Gasteiger partial charge in [0.15, 0.2) is 0 Å². The first kappa shape index (κ1) is 14.7. The lowest BCUT2D eigenvalue weighted by atomic mass is 9.84. The van der Waals surface area contributed by atoms with Gasteiger partial charge in [-0.05, 0) is 31.6 Å². The lowest BCUT2D eigenvalue weighted by Crippen LogP contribution is -2.26. The van der Waals surface area contributed by atoms with E-state index in [2.05, 4.69) is 12.2 Å². The van der Waals surface area contributed by atoms with E-state index in [1.54, 1.807) is 0 Å². The van der Waals surface area contributed by atoms with E-state index in [0.717, 1.165) is 18.8 Å². The van der Waals surface area contributed by atoms with Crippen LogP contribution in [0.5, 0.6) is 0 Å². The zero-order valence-corrected chi connectivity index (χ0v) is 12.4. The summed E-state index contributed by atoms with van der Waals surface area (Å²) in [5, 5.41) is 13.0. The Kier molecular flexibility index (Phi) is 4.50. The van der Waals surface area contributed by atoms with E-state index in [1.165, 1.54) is 30.6 Å². The molecule has 0 radical (unpaired) electrons. The number of primary amides is 1. The first-order valence-corrected chi connectivity index (χ1v) is 7.77. The van der Waals surface area contributed by atoms with Crippen LogP contribution in [-0.4, -0.2) is 11.9 Å². The summed E-state index contributed by atoms with van der Waals surface area (Å²) >= 11 is 1.22. The van der Waals surface area contributed by atoms with Gasteiger partial charge in [0, 0.05) is 6.04 Å². The van der Waals surface area contributed by atoms with E-state index in [-0.39, 0.29) is 11.3 Å². The number of nitrogens with two attached hydrogens (primary N) is 2. The van der Waals surface area contributed by atoms with Gasteiger partial charge in [-0.25, -0.2) is 0 Å². The van der Waals surface area contributed by atoms with Gasteiger partial charge in [0.1, 0.15) is 15.9 Å². The topological polar surface area (TPSA) is 105 Å². The molecule has 1 aromatic heterocycles. The summed E-state index contributed by atoms with van der Waals surface area (Å²) in [6.07, 6.45) is 5.79. The van der Waals surface area contributed by atoms with E-state index >= 15 is 0 Å². The highest BCUT2D eigenvalue weighted by Crippen LogP contribution is 2.37. The molecule has 0 spiro atoms. The third kappa shape index (κ3) is 2.88. The van der Waals surface area contributed by atoms with Crippen molar-refractivity contribution in [2.75, 3.05) is 11.1 Å². The van der Waals surface area contributed by atoms with Crippen LogP contribution in [-0.2, 0) is 0 Å². The molecule has 108 valence electrons. The highest BCUT2D eigenvalue weighted by atomic mass is 32.1. The van der Waals surface area contributed by atoms with Gasteiger partial charge < -0.3 is 16.8 Å². The number of rotatable bonds is 4. The fraction of sp³-hybridized carbons (Fsp3) is 0.571. The molecule has 6 heteroatoms. The standard InChI is InChI=1S/C14H20N4OS/c1-2-8-3-5-9(6-4-8)18-14-11(13(17)19)12(16)10(7-15)20-14/h8-9,18H,2-6,16H2,1H3,(H2,17,19). The van der Waals surface area contributed by atoms with Crippen LogP contribution in [0.15, 0.2) is 0 Å². The average molecular weight is 292 g/mol. The molecule has 5 N–H and O–H groups in total. The fourth-order valence-corrected chi connectivity index (χ4v) is 3.77. The molecule has 1 aromatic rings. The monoisotopic (exact) mass is 292 g/mol. The lowest BCUT2D eigenvalue weighted by Gasteiger charge is -2.28. The van der Waals surface area contributed by atoms with Gasteiger partial charge in [-0.3, -0.25) is 4.79 Å². The Morgan fingerprint density at radius 1 is 1.45 bits per heavy atom. The molecule has 0 unspecified atom stereocenters. The molecule has 0 atom stereocenters. The number of thiophene rings is 1. The van der Waals surface area contributed by atoms with Crippen LogP contribution in [0.4, 0.5) is 10.7 Å². The normalized spacial score (nSPS) is 22.2. The maximum atomic E-state index is 11.5. The smallest absolute Gasteiger partial charge is 0.253 e. The van der Waals surface area contributed by atoms with Crippen LogP contribution in [0.3, 0.4) is 0 Å². The predicted octanol–water partition coefficient (Wildman–Crippen LogP) is 2.68. The van der Waals surface area contributed by atoms with Gasteiger partial charge >= 0.3 is 0 Å². The predicted molar refractivity (Wildman–Crippen MR) is 81.6 cm³/mol. The number of nitriles is 1. The second-order valence-corrected chi connectivity index (χ2v) is 6.32. The summed E-state index contributed by atoms with van der Waals surface area (Å²) in [7, 11) is 0. The van der Waals surface area contributed by atoms with Crippen molar-refractivity contribution >= 4 is 27.9 Å². The Morgan fingerprint density at radius 3 is 2.60 bits per heavy atom. The van der Waals surface area contributed by atoms with Crippen molar-refractivity contribution in [2.45, 2.75) is 45.1 Å². The van der Waals surface area contributed by atoms with Crippen LogP contribution < -0.4 is 16.8 Å². The van der Waals surface area contributed by atoms with Crippen molar-refractivity contribution in [3.63, 3.8) is 0 Å². The zero-order valence-electron chi connectivity index (χ0n) is 11.6. The van der Waals surface area contributed by atoms with Gasteiger partial charge in [-0.15, -0.1) is 11.3 Å². The molecule has 20 heavy (non-hydrogen) atoms. The average Bonchev–Trinajstić information content (AvgIpc) is 2.75. The number of nitrogens with one attached hydrogen (secondary N) is 1. The molecular formula is C14H20N4OS. The minimum atomic E-state index is -0.579. The quantitative estimate of drug-likeness (QED) is 0.793. The molecule has 1 heterocycles. The number of hydrogen-bond donors (Lipinski definition) is 3. The fourth-order valence-electron chi connectivity index (χ4n) is 2.77. The molecule has 5 nitrogen and oxygen atoms in total. The van der Waals surface area contributed by atoms with Gasteiger partial charge in [0.25, 0.3) is 5.91 Å². The maximum absolute atomic E-state index is 11.5. The Bertz CT molecular complexity index is 538. The number of amides is 1. The first-order valence-electron chi connectivity index (χ1n) is 6.95. The third-order valence-corrected chi connectivity index (χ3v) is 5.09. The van der Waals surface area contributed by atoms with Crippen molar-refractivity contribution < 1.29 is 4.79 Å². The number of carbonyl (C=O) groups is 1. The highest BCUT2D eigenvalue weighted by molar-refractivity contribution is 7.17. The Balaban J connectivity index is 2.14. The van der Waals surface area contributed by atoms with Crippen LogP contribution in [0.25, 0.3) is 0 Å². The van der Waals surface area contributed by atoms with Crippen LogP contribution in [0.2, 0.25) is 0 Å². The second-order valence-electron chi connectivity index (χ2n) is 5.30. The van der Waals surface area contributed by atoms with Crippen molar-refractivity contribution in [1.29, 1.82) is 5.26 Å². The number of anilines is 2. The molecule has 1 aliphatic carbocycles. The van der Waals surface area contributed by atoms with E-state index in [0.29, 0.717) is 15.9 Å². The first-order chi connectivity index (χ1) is 9.56. The van der Waals surface area contributed by atoms with Gasteiger partial charge in [0.05, 0.1) is 11.3 Å². The van der Waals surface area contributed by atoms with Gasteiger partial charge in [0.2, 0.25) is 0 Å². The van der Waals surface area contributed by atoms with Crippen LogP contribution >= 0.6 is 11.3 Å². The summed E-state index contributed by atoms with van der Waals surface area (Å²) < 4.78 is 0. The minimum absolute atomic E-state index is 0.203. The van der Waals surface area contributed by atoms with Gasteiger partial charge in [-0.2, -0.15) is 5.26 Å². The zero-order chi connectivity index (χ0) is 14.7. The Morgan fingerprint density at radius 2 is 2.10 bits per heavy atom. The largest absolute Gasteiger partial charge is 0.396 e. The summed E-state index contributed by atoms with van der Waals surface area (Å²) in [6, 6.07) is 2.34. The van der Waals surface area contributed by atoms with Gasteiger partial charge in [-0.1, -0.05) is 13.3 Å². The van der Waals surface area contributed by atoms with Crippen molar-refractivity contribution in [3.05, 3.63) is 10.4 Å². The number of carbonyl (C=O) groups excluding carboxylic acids is 1. The molecule has 0 saturated heterocycles. The molecule has 0 bridgehead atoms. The van der Waals surface area contributed by atoms with E-state index in [1.807, 2.05) is 6.07 Å². The summed E-state index contributed by atoms with van der Waals surface area (Å²) in [5.41, 5.74) is 11.7. The number of nitrogen functional groups attached to an aromatic ring is 1. The van der Waals surface area contributed by atoms with Crippen LogP contribution in [0, 0.1) is 17.2 Å². The molecule has 1 aliphatic rings.